The van der Waals surface area contributed by atoms with Crippen LogP contribution in [-0.2, 0) is 26.3 Å². The SMILES string of the molecule is Cc1cccc(CN(C(=O)CN(c2ccccc2F)S(=O)(=O)N(C)C)[C@@H](C)C(=O)NC2CCCC2)c1. The highest BCUT2D eigenvalue weighted by Crippen LogP contribution is 2.24. The molecule has 0 spiro atoms. The smallest absolute Gasteiger partial charge is 0.304 e. The van der Waals surface area contributed by atoms with Gasteiger partial charge in [0.05, 0.1) is 5.69 Å². The fraction of sp³-hybridized carbons (Fsp3) is 0.462. The minimum atomic E-state index is -4.21. The summed E-state index contributed by atoms with van der Waals surface area (Å²) in [5.74, 6) is -1.68. The molecule has 3 rings (SSSR count). The number of hydrogen-bond acceptors (Lipinski definition) is 4. The Bertz CT molecular complexity index is 1180. The highest BCUT2D eigenvalue weighted by atomic mass is 32.2. The van der Waals surface area contributed by atoms with Gasteiger partial charge >= 0.3 is 10.2 Å². The molecule has 2 aromatic rings. The van der Waals surface area contributed by atoms with Crippen LogP contribution in [0.25, 0.3) is 0 Å². The fourth-order valence-electron chi connectivity index (χ4n) is 4.34. The summed E-state index contributed by atoms with van der Waals surface area (Å²) in [6.07, 6.45) is 3.88. The Kier molecular flexibility index (Phi) is 9.08. The van der Waals surface area contributed by atoms with Crippen molar-refractivity contribution in [3.63, 3.8) is 0 Å². The molecule has 1 fully saturated rings. The molecular formula is C26H35FN4O4S. The standard InChI is InChI=1S/C26H35FN4O4S/c1-19-10-9-11-21(16-19)17-30(20(2)26(33)28-22-12-5-6-13-22)25(32)18-31(36(34,35)29(3)4)24-15-8-7-14-23(24)27/h7-11,14-16,20,22H,5-6,12-13,17-18H2,1-4H3,(H,28,33)/t20-/m0/s1. The number of rotatable bonds is 10. The summed E-state index contributed by atoms with van der Waals surface area (Å²) in [5, 5.41) is 3.02. The third-order valence-corrected chi connectivity index (χ3v) is 8.25. The van der Waals surface area contributed by atoms with E-state index < -0.39 is 34.5 Å². The zero-order chi connectivity index (χ0) is 26.5. The predicted octanol–water partition coefficient (Wildman–Crippen LogP) is 3.22. The zero-order valence-electron chi connectivity index (χ0n) is 21.3. The Morgan fingerprint density at radius 1 is 1.08 bits per heavy atom. The van der Waals surface area contributed by atoms with Crippen LogP contribution in [0.4, 0.5) is 10.1 Å². The Morgan fingerprint density at radius 3 is 2.36 bits per heavy atom. The van der Waals surface area contributed by atoms with Crippen molar-refractivity contribution in [2.75, 3.05) is 24.9 Å². The number of hydrogen-bond donors (Lipinski definition) is 1. The largest absolute Gasteiger partial charge is 0.352 e. The van der Waals surface area contributed by atoms with Crippen LogP contribution in [-0.4, -0.2) is 62.2 Å². The highest BCUT2D eigenvalue weighted by molar-refractivity contribution is 7.90. The van der Waals surface area contributed by atoms with Crippen molar-refractivity contribution in [1.29, 1.82) is 0 Å². The maximum absolute atomic E-state index is 14.7. The lowest BCUT2D eigenvalue weighted by atomic mass is 10.1. The minimum Gasteiger partial charge on any atom is -0.352 e. The van der Waals surface area contributed by atoms with Crippen LogP contribution in [0.2, 0.25) is 0 Å². The molecule has 0 bridgehead atoms. The summed E-state index contributed by atoms with van der Waals surface area (Å²) in [4.78, 5) is 28.1. The molecule has 1 N–H and O–H groups in total. The molecule has 0 saturated heterocycles. The molecule has 1 saturated carbocycles. The molecule has 2 amide bonds. The van der Waals surface area contributed by atoms with Gasteiger partial charge < -0.3 is 10.2 Å². The summed E-state index contributed by atoms with van der Waals surface area (Å²) in [6.45, 7) is 3.00. The van der Waals surface area contributed by atoms with Gasteiger partial charge in [0.15, 0.2) is 0 Å². The lowest BCUT2D eigenvalue weighted by Crippen LogP contribution is -2.53. The number of nitrogens with one attached hydrogen (secondary N) is 1. The maximum Gasteiger partial charge on any atom is 0.304 e. The van der Waals surface area contributed by atoms with Gasteiger partial charge in [-0.05, 0) is 44.4 Å². The van der Waals surface area contributed by atoms with Crippen LogP contribution in [0.5, 0.6) is 0 Å². The van der Waals surface area contributed by atoms with Crippen molar-refractivity contribution in [3.8, 4) is 0 Å². The normalized spacial score (nSPS) is 15.1. The number of benzene rings is 2. The summed E-state index contributed by atoms with van der Waals surface area (Å²) in [6, 6.07) is 12.2. The van der Waals surface area contributed by atoms with E-state index in [4.69, 9.17) is 0 Å². The van der Waals surface area contributed by atoms with E-state index in [0.29, 0.717) is 0 Å². The number of carbonyl (C=O) groups excluding carboxylic acids is 2. The molecule has 1 aliphatic rings. The van der Waals surface area contributed by atoms with Crippen LogP contribution in [0.1, 0.15) is 43.7 Å². The molecule has 1 atom stereocenters. The number of carbonyl (C=O) groups is 2. The second-order valence-electron chi connectivity index (χ2n) is 9.42. The first-order valence-corrected chi connectivity index (χ1v) is 13.5. The van der Waals surface area contributed by atoms with Gasteiger partial charge in [-0.15, -0.1) is 0 Å². The van der Waals surface area contributed by atoms with E-state index in [1.165, 1.54) is 37.2 Å². The van der Waals surface area contributed by atoms with Gasteiger partial charge in [-0.1, -0.05) is 54.8 Å². The third kappa shape index (κ3) is 6.61. The second kappa shape index (κ2) is 11.8. The lowest BCUT2D eigenvalue weighted by molar-refractivity contribution is -0.139. The number of aryl methyl sites for hydroxylation is 1. The van der Waals surface area contributed by atoms with E-state index in [-0.39, 0.29) is 24.2 Å². The van der Waals surface area contributed by atoms with Gasteiger partial charge in [0.2, 0.25) is 11.8 Å². The first-order chi connectivity index (χ1) is 17.0. The quantitative estimate of drug-likeness (QED) is 0.523. The van der Waals surface area contributed by atoms with E-state index in [1.54, 1.807) is 6.92 Å². The van der Waals surface area contributed by atoms with E-state index in [2.05, 4.69) is 5.32 Å². The fourth-order valence-corrected chi connectivity index (χ4v) is 5.40. The van der Waals surface area contributed by atoms with E-state index in [0.717, 1.165) is 51.5 Å². The van der Waals surface area contributed by atoms with Gasteiger partial charge in [0, 0.05) is 26.7 Å². The van der Waals surface area contributed by atoms with Gasteiger partial charge in [-0.25, -0.2) is 8.70 Å². The maximum atomic E-state index is 14.7. The molecule has 0 heterocycles. The molecule has 196 valence electrons. The van der Waals surface area contributed by atoms with Crippen LogP contribution in [0.3, 0.4) is 0 Å². The summed E-state index contributed by atoms with van der Waals surface area (Å²) < 4.78 is 42.6. The molecular weight excluding hydrogens is 483 g/mol. The molecule has 0 aliphatic heterocycles. The highest BCUT2D eigenvalue weighted by Gasteiger charge is 2.34. The van der Waals surface area contributed by atoms with Crippen molar-refractivity contribution < 1.29 is 22.4 Å². The van der Waals surface area contributed by atoms with Gasteiger partial charge in [-0.2, -0.15) is 12.7 Å². The van der Waals surface area contributed by atoms with Crippen LogP contribution < -0.4 is 9.62 Å². The topological polar surface area (TPSA) is 90.0 Å². The number of halogens is 1. The Morgan fingerprint density at radius 2 is 1.75 bits per heavy atom. The predicted molar refractivity (Wildman–Crippen MR) is 138 cm³/mol. The number of amides is 2. The summed E-state index contributed by atoms with van der Waals surface area (Å²) in [5.41, 5.74) is 1.56. The van der Waals surface area contributed by atoms with Crippen molar-refractivity contribution in [1.82, 2.24) is 14.5 Å². The first-order valence-electron chi connectivity index (χ1n) is 12.1. The second-order valence-corrected chi connectivity index (χ2v) is 11.5. The molecule has 36 heavy (non-hydrogen) atoms. The Labute approximate surface area is 213 Å². The van der Waals surface area contributed by atoms with Crippen LogP contribution >= 0.6 is 0 Å². The molecule has 0 radical (unpaired) electrons. The number of para-hydroxylation sites is 1. The van der Waals surface area contributed by atoms with E-state index >= 15 is 0 Å². The molecule has 1 aliphatic carbocycles. The van der Waals surface area contributed by atoms with Crippen LogP contribution in [0, 0.1) is 12.7 Å². The zero-order valence-corrected chi connectivity index (χ0v) is 22.1. The van der Waals surface area contributed by atoms with Crippen molar-refractivity contribution >= 4 is 27.7 Å². The van der Waals surface area contributed by atoms with Crippen molar-refractivity contribution in [2.24, 2.45) is 0 Å². The molecule has 0 unspecified atom stereocenters. The van der Waals surface area contributed by atoms with E-state index in [1.807, 2.05) is 31.2 Å². The molecule has 2 aromatic carbocycles. The monoisotopic (exact) mass is 518 g/mol. The van der Waals surface area contributed by atoms with Gasteiger partial charge in [0.25, 0.3) is 0 Å². The third-order valence-electron chi connectivity index (χ3n) is 6.44. The number of anilines is 1. The van der Waals surface area contributed by atoms with E-state index in [9.17, 15) is 22.4 Å². The average Bonchev–Trinajstić information content (AvgIpc) is 3.34. The number of nitrogens with zero attached hydrogens (tertiary/aromatic N) is 3. The molecule has 0 aromatic heterocycles. The van der Waals surface area contributed by atoms with Crippen molar-refractivity contribution in [3.05, 3.63) is 65.5 Å². The van der Waals surface area contributed by atoms with Gasteiger partial charge in [0.1, 0.15) is 18.4 Å². The summed E-state index contributed by atoms with van der Waals surface area (Å²) >= 11 is 0. The molecule has 10 heteroatoms. The minimum absolute atomic E-state index is 0.0694. The summed E-state index contributed by atoms with van der Waals surface area (Å²) in [7, 11) is -1.58. The first kappa shape index (κ1) is 27.6. The Hall–Kier alpha value is -2.98. The lowest BCUT2D eigenvalue weighted by Gasteiger charge is -2.33. The van der Waals surface area contributed by atoms with Crippen LogP contribution in [0.15, 0.2) is 48.5 Å². The van der Waals surface area contributed by atoms with Crippen molar-refractivity contribution in [2.45, 2.75) is 58.2 Å². The Balaban J connectivity index is 1.94. The average molecular weight is 519 g/mol. The van der Waals surface area contributed by atoms with Gasteiger partial charge in [-0.3, -0.25) is 9.59 Å². The molecule has 8 nitrogen and oxygen atoms in total.